The van der Waals surface area contributed by atoms with Crippen LogP contribution in [0.5, 0.6) is 5.75 Å². The zero-order valence-electron chi connectivity index (χ0n) is 16.5. The second-order valence-corrected chi connectivity index (χ2v) is 6.64. The number of carbonyl (C=O) groups excluding carboxylic acids is 2. The van der Waals surface area contributed by atoms with E-state index in [1.54, 1.807) is 30.3 Å². The Bertz CT molecular complexity index is 990. The van der Waals surface area contributed by atoms with Gasteiger partial charge >= 0.3 is 5.97 Å². The first-order chi connectivity index (χ1) is 14.5. The van der Waals surface area contributed by atoms with Gasteiger partial charge in [-0.1, -0.05) is 48.5 Å². The number of esters is 1. The van der Waals surface area contributed by atoms with Crippen LogP contribution < -0.4 is 10.1 Å². The van der Waals surface area contributed by atoms with Crippen molar-refractivity contribution in [2.24, 2.45) is 0 Å². The van der Waals surface area contributed by atoms with Gasteiger partial charge in [0, 0.05) is 11.3 Å². The lowest BCUT2D eigenvalue weighted by atomic mass is 10.1. The predicted molar refractivity (Wildman–Crippen MR) is 112 cm³/mol. The molecule has 0 fully saturated rings. The van der Waals surface area contributed by atoms with Crippen LogP contribution in [-0.4, -0.2) is 18.5 Å². The minimum Gasteiger partial charge on any atom is -0.493 e. The summed E-state index contributed by atoms with van der Waals surface area (Å²) in [7, 11) is 0. The number of aryl methyl sites for hydroxylation is 1. The Hall–Kier alpha value is -3.67. The summed E-state index contributed by atoms with van der Waals surface area (Å²) >= 11 is 0. The van der Waals surface area contributed by atoms with Gasteiger partial charge in [-0.25, -0.2) is 4.39 Å². The zero-order valence-corrected chi connectivity index (χ0v) is 16.5. The van der Waals surface area contributed by atoms with Gasteiger partial charge in [0.15, 0.2) is 0 Å². The maximum atomic E-state index is 13.1. The average Bonchev–Trinajstić information content (AvgIpc) is 2.75. The van der Waals surface area contributed by atoms with Gasteiger partial charge in [0.2, 0.25) is 6.10 Å². The first-order valence-electron chi connectivity index (χ1n) is 9.52. The fraction of sp³-hybridized carbons (Fsp3) is 0.167. The first-order valence-corrected chi connectivity index (χ1v) is 9.52. The topological polar surface area (TPSA) is 64.6 Å². The SMILES string of the molecule is Cc1ccccc1OCCC(=O)O[C@H](C(=O)Nc1ccc(F)cc1)c1ccccc1. The molecule has 0 spiro atoms. The van der Waals surface area contributed by atoms with Crippen molar-refractivity contribution in [3.63, 3.8) is 0 Å². The van der Waals surface area contributed by atoms with Gasteiger partial charge in [-0.2, -0.15) is 0 Å². The van der Waals surface area contributed by atoms with E-state index in [1.165, 1.54) is 24.3 Å². The van der Waals surface area contributed by atoms with Gasteiger partial charge in [-0.15, -0.1) is 0 Å². The Kier molecular flexibility index (Phi) is 7.16. The van der Waals surface area contributed by atoms with E-state index in [9.17, 15) is 14.0 Å². The Labute approximate surface area is 174 Å². The molecule has 1 amide bonds. The molecule has 0 bridgehead atoms. The molecule has 3 rings (SSSR count). The number of benzene rings is 3. The van der Waals surface area contributed by atoms with Crippen LogP contribution in [0.15, 0.2) is 78.9 Å². The molecule has 30 heavy (non-hydrogen) atoms. The van der Waals surface area contributed by atoms with Crippen molar-refractivity contribution in [2.45, 2.75) is 19.4 Å². The Morgan fingerprint density at radius 2 is 1.60 bits per heavy atom. The summed E-state index contributed by atoms with van der Waals surface area (Å²) in [6.45, 7) is 2.05. The molecule has 1 atom stereocenters. The highest BCUT2D eigenvalue weighted by atomic mass is 19.1. The molecule has 3 aromatic rings. The van der Waals surface area contributed by atoms with E-state index in [4.69, 9.17) is 9.47 Å². The quantitative estimate of drug-likeness (QED) is 0.544. The summed E-state index contributed by atoms with van der Waals surface area (Å²) in [5, 5.41) is 2.65. The Morgan fingerprint density at radius 1 is 0.933 bits per heavy atom. The fourth-order valence-corrected chi connectivity index (χ4v) is 2.79. The number of carbonyl (C=O) groups is 2. The van der Waals surface area contributed by atoms with Crippen LogP contribution in [0.25, 0.3) is 0 Å². The number of nitrogens with one attached hydrogen (secondary N) is 1. The summed E-state index contributed by atoms with van der Waals surface area (Å²) in [5.41, 5.74) is 1.90. The van der Waals surface area contributed by atoms with Crippen molar-refractivity contribution in [2.75, 3.05) is 11.9 Å². The molecule has 0 unspecified atom stereocenters. The van der Waals surface area contributed by atoms with E-state index < -0.39 is 23.8 Å². The molecule has 0 saturated heterocycles. The lowest BCUT2D eigenvalue weighted by molar-refractivity contribution is -0.155. The van der Waals surface area contributed by atoms with E-state index in [2.05, 4.69) is 5.32 Å². The third-order valence-corrected chi connectivity index (χ3v) is 4.36. The summed E-state index contributed by atoms with van der Waals surface area (Å²) in [5.74, 6) is -0.806. The molecule has 0 aromatic heterocycles. The molecule has 6 heteroatoms. The minimum atomic E-state index is -1.14. The molecule has 0 aliphatic carbocycles. The van der Waals surface area contributed by atoms with Crippen molar-refractivity contribution >= 4 is 17.6 Å². The molecule has 0 saturated carbocycles. The maximum Gasteiger partial charge on any atom is 0.310 e. The molecule has 154 valence electrons. The molecule has 0 aliphatic rings. The highest BCUT2D eigenvalue weighted by Crippen LogP contribution is 2.21. The summed E-state index contributed by atoms with van der Waals surface area (Å²) in [6.07, 6.45) is -1.15. The molecule has 3 aromatic carbocycles. The van der Waals surface area contributed by atoms with Gasteiger partial charge in [-0.3, -0.25) is 9.59 Å². The first kappa shape index (κ1) is 21.0. The number of hydrogen-bond donors (Lipinski definition) is 1. The minimum absolute atomic E-state index is 0.0124. The second kappa shape index (κ2) is 10.2. The van der Waals surface area contributed by atoms with Gasteiger partial charge in [0.1, 0.15) is 11.6 Å². The van der Waals surface area contributed by atoms with Crippen LogP contribution in [0.1, 0.15) is 23.7 Å². The third kappa shape index (κ3) is 5.91. The number of halogens is 1. The molecule has 0 radical (unpaired) electrons. The number of amides is 1. The van der Waals surface area contributed by atoms with E-state index >= 15 is 0 Å². The number of ether oxygens (including phenoxy) is 2. The Morgan fingerprint density at radius 3 is 2.30 bits per heavy atom. The molecular weight excluding hydrogens is 385 g/mol. The standard InChI is InChI=1S/C24H22FNO4/c1-17-7-5-6-10-21(17)29-16-15-22(27)30-23(18-8-3-2-4-9-18)24(28)26-20-13-11-19(25)12-14-20/h2-14,23H,15-16H2,1H3,(H,26,28)/t23-/m0/s1. The second-order valence-electron chi connectivity index (χ2n) is 6.64. The van der Waals surface area contributed by atoms with E-state index in [-0.39, 0.29) is 13.0 Å². The van der Waals surface area contributed by atoms with Crippen LogP contribution in [0.2, 0.25) is 0 Å². The number of hydrogen-bond acceptors (Lipinski definition) is 4. The summed E-state index contributed by atoms with van der Waals surface area (Å²) < 4.78 is 24.2. The van der Waals surface area contributed by atoms with Gasteiger partial charge in [-0.05, 0) is 42.8 Å². The van der Waals surface area contributed by atoms with Crippen molar-refractivity contribution in [3.05, 3.63) is 95.8 Å². The number of anilines is 1. The van der Waals surface area contributed by atoms with Crippen molar-refractivity contribution in [1.82, 2.24) is 0 Å². The number of para-hydroxylation sites is 1. The highest BCUT2D eigenvalue weighted by Gasteiger charge is 2.25. The van der Waals surface area contributed by atoms with Gasteiger partial charge < -0.3 is 14.8 Å². The zero-order chi connectivity index (χ0) is 21.3. The number of rotatable bonds is 8. The smallest absolute Gasteiger partial charge is 0.310 e. The lowest BCUT2D eigenvalue weighted by Crippen LogP contribution is -2.26. The Balaban J connectivity index is 1.63. The van der Waals surface area contributed by atoms with E-state index in [0.29, 0.717) is 17.0 Å². The maximum absolute atomic E-state index is 13.1. The van der Waals surface area contributed by atoms with Gasteiger partial charge in [0.25, 0.3) is 5.91 Å². The average molecular weight is 407 g/mol. The van der Waals surface area contributed by atoms with Crippen LogP contribution in [0, 0.1) is 12.7 Å². The van der Waals surface area contributed by atoms with Gasteiger partial charge in [0.05, 0.1) is 13.0 Å². The van der Waals surface area contributed by atoms with E-state index in [1.807, 2.05) is 31.2 Å². The van der Waals surface area contributed by atoms with Crippen LogP contribution >= 0.6 is 0 Å². The molecular formula is C24H22FNO4. The van der Waals surface area contributed by atoms with Crippen LogP contribution in [-0.2, 0) is 14.3 Å². The molecule has 5 nitrogen and oxygen atoms in total. The largest absolute Gasteiger partial charge is 0.493 e. The van der Waals surface area contributed by atoms with Crippen molar-refractivity contribution in [1.29, 1.82) is 0 Å². The van der Waals surface area contributed by atoms with E-state index in [0.717, 1.165) is 5.56 Å². The molecule has 1 N–H and O–H groups in total. The normalized spacial score (nSPS) is 11.4. The fourth-order valence-electron chi connectivity index (χ4n) is 2.79. The highest BCUT2D eigenvalue weighted by molar-refractivity contribution is 5.96. The summed E-state index contributed by atoms with van der Waals surface area (Å²) in [4.78, 5) is 25.1. The summed E-state index contributed by atoms with van der Waals surface area (Å²) in [6, 6.07) is 21.6. The predicted octanol–water partition coefficient (Wildman–Crippen LogP) is 4.83. The monoisotopic (exact) mass is 407 g/mol. The van der Waals surface area contributed by atoms with Crippen molar-refractivity contribution in [3.8, 4) is 5.75 Å². The third-order valence-electron chi connectivity index (χ3n) is 4.36. The van der Waals surface area contributed by atoms with Crippen LogP contribution in [0.4, 0.5) is 10.1 Å². The lowest BCUT2D eigenvalue weighted by Gasteiger charge is -2.18. The van der Waals surface area contributed by atoms with Crippen LogP contribution in [0.3, 0.4) is 0 Å². The molecule has 0 heterocycles. The molecule has 0 aliphatic heterocycles. The van der Waals surface area contributed by atoms with Crippen molar-refractivity contribution < 1.29 is 23.5 Å².